The fraction of sp³-hybridized carbons (Fsp3) is 0.667. The number of hydrogen-bond acceptors (Lipinski definition) is 5. The van der Waals surface area contributed by atoms with Crippen molar-refractivity contribution in [1.29, 1.82) is 0 Å². The van der Waals surface area contributed by atoms with Crippen LogP contribution in [0.15, 0.2) is 6.33 Å². The third-order valence-corrected chi connectivity index (χ3v) is 2.31. The minimum atomic E-state index is 0.610. The van der Waals surface area contributed by atoms with Crippen LogP contribution in [0.2, 0.25) is 0 Å². The van der Waals surface area contributed by atoms with Gasteiger partial charge in [0.2, 0.25) is 5.88 Å². The average molecular weight is 239 g/mol. The minimum Gasteiger partial charge on any atom is -0.477 e. The van der Waals surface area contributed by atoms with Gasteiger partial charge in [0.05, 0.1) is 12.2 Å². The van der Waals surface area contributed by atoms with E-state index in [2.05, 4.69) is 22.2 Å². The van der Waals surface area contributed by atoms with Crippen molar-refractivity contribution in [2.45, 2.75) is 26.7 Å². The first-order chi connectivity index (χ1) is 8.29. The number of anilines is 1. The van der Waals surface area contributed by atoms with E-state index in [-0.39, 0.29) is 0 Å². The molecule has 0 atom stereocenters. The van der Waals surface area contributed by atoms with Crippen molar-refractivity contribution >= 4 is 5.82 Å². The summed E-state index contributed by atoms with van der Waals surface area (Å²) in [5.41, 5.74) is 0.957. The van der Waals surface area contributed by atoms with E-state index in [1.165, 1.54) is 6.33 Å². The lowest BCUT2D eigenvalue weighted by atomic mass is 10.3. The van der Waals surface area contributed by atoms with Gasteiger partial charge in [-0.15, -0.1) is 0 Å². The molecule has 0 aliphatic heterocycles. The predicted octanol–water partition coefficient (Wildman–Crippen LogP) is 2.02. The molecular formula is C12H21N3O2. The van der Waals surface area contributed by atoms with Crippen molar-refractivity contribution < 1.29 is 9.47 Å². The predicted molar refractivity (Wildman–Crippen MR) is 67.5 cm³/mol. The first-order valence-electron chi connectivity index (χ1n) is 5.96. The van der Waals surface area contributed by atoms with E-state index < -0.39 is 0 Å². The number of nitrogens with zero attached hydrogens (tertiary/aromatic N) is 2. The molecule has 1 aromatic rings. The van der Waals surface area contributed by atoms with Gasteiger partial charge in [0.1, 0.15) is 12.1 Å². The number of hydrogen-bond donors (Lipinski definition) is 1. The third-order valence-electron chi connectivity index (χ3n) is 2.31. The summed E-state index contributed by atoms with van der Waals surface area (Å²) in [6, 6.07) is 0. The van der Waals surface area contributed by atoms with Crippen molar-refractivity contribution in [3.05, 3.63) is 11.9 Å². The molecule has 1 rings (SSSR count). The molecule has 0 aliphatic carbocycles. The van der Waals surface area contributed by atoms with E-state index in [0.29, 0.717) is 19.1 Å². The van der Waals surface area contributed by atoms with Crippen LogP contribution in [0.4, 0.5) is 5.82 Å². The Morgan fingerprint density at radius 1 is 1.29 bits per heavy atom. The van der Waals surface area contributed by atoms with Crippen LogP contribution in [0.3, 0.4) is 0 Å². The van der Waals surface area contributed by atoms with Gasteiger partial charge >= 0.3 is 0 Å². The molecule has 5 heteroatoms. The highest BCUT2D eigenvalue weighted by molar-refractivity contribution is 5.47. The highest BCUT2D eigenvalue weighted by Gasteiger charge is 2.07. The largest absolute Gasteiger partial charge is 0.477 e. The van der Waals surface area contributed by atoms with Gasteiger partial charge in [-0.05, 0) is 13.3 Å². The van der Waals surface area contributed by atoms with E-state index in [9.17, 15) is 0 Å². The van der Waals surface area contributed by atoms with Gasteiger partial charge in [-0.25, -0.2) is 9.97 Å². The number of methoxy groups -OCH3 is 1. The molecule has 0 spiro atoms. The quantitative estimate of drug-likeness (QED) is 0.703. The molecule has 0 fully saturated rings. The van der Waals surface area contributed by atoms with Crippen molar-refractivity contribution in [2.75, 3.05) is 32.2 Å². The average Bonchev–Trinajstić information content (AvgIpc) is 2.35. The zero-order valence-electron chi connectivity index (χ0n) is 10.8. The van der Waals surface area contributed by atoms with Gasteiger partial charge in [0, 0.05) is 26.7 Å². The summed E-state index contributed by atoms with van der Waals surface area (Å²) in [6.45, 7) is 6.29. The Hall–Kier alpha value is -1.36. The summed E-state index contributed by atoms with van der Waals surface area (Å²) >= 11 is 0. The van der Waals surface area contributed by atoms with Crippen LogP contribution in [0.25, 0.3) is 0 Å². The molecule has 1 N–H and O–H groups in total. The zero-order chi connectivity index (χ0) is 12.5. The summed E-state index contributed by atoms with van der Waals surface area (Å²) in [7, 11) is 1.68. The fourth-order valence-corrected chi connectivity index (χ4v) is 1.37. The number of nitrogens with one attached hydrogen (secondary N) is 1. The standard InChI is InChI=1S/C12H21N3O2/c1-4-6-13-11-10(2)12(15-9-14-11)17-8-5-7-16-3/h9H,4-8H2,1-3H3,(H,13,14,15). The number of ether oxygens (including phenoxy) is 2. The number of aromatic nitrogens is 2. The van der Waals surface area contributed by atoms with E-state index >= 15 is 0 Å². The summed E-state index contributed by atoms with van der Waals surface area (Å²) in [4.78, 5) is 8.32. The topological polar surface area (TPSA) is 56.3 Å². The van der Waals surface area contributed by atoms with Crippen LogP contribution in [0, 0.1) is 6.92 Å². The van der Waals surface area contributed by atoms with Crippen molar-refractivity contribution in [3.8, 4) is 5.88 Å². The lowest BCUT2D eigenvalue weighted by Crippen LogP contribution is -2.08. The Bertz CT molecular complexity index is 332. The third kappa shape index (κ3) is 4.56. The van der Waals surface area contributed by atoms with Crippen molar-refractivity contribution in [2.24, 2.45) is 0 Å². The molecule has 1 aromatic heterocycles. The highest BCUT2D eigenvalue weighted by Crippen LogP contribution is 2.20. The molecule has 0 radical (unpaired) electrons. The molecule has 0 saturated carbocycles. The second kappa shape index (κ2) is 7.84. The van der Waals surface area contributed by atoms with Gasteiger partial charge < -0.3 is 14.8 Å². The molecule has 1 heterocycles. The fourth-order valence-electron chi connectivity index (χ4n) is 1.37. The maximum atomic E-state index is 5.59. The molecule has 96 valence electrons. The van der Waals surface area contributed by atoms with E-state index in [0.717, 1.165) is 30.8 Å². The second-order valence-corrected chi connectivity index (χ2v) is 3.77. The molecule has 5 nitrogen and oxygen atoms in total. The zero-order valence-corrected chi connectivity index (χ0v) is 10.8. The second-order valence-electron chi connectivity index (χ2n) is 3.77. The molecule has 0 aromatic carbocycles. The Morgan fingerprint density at radius 3 is 2.82 bits per heavy atom. The van der Waals surface area contributed by atoms with Crippen LogP contribution in [-0.4, -0.2) is 36.8 Å². The maximum Gasteiger partial charge on any atom is 0.221 e. The van der Waals surface area contributed by atoms with Crippen LogP contribution in [-0.2, 0) is 4.74 Å². The van der Waals surface area contributed by atoms with Gasteiger partial charge in [-0.3, -0.25) is 0 Å². The first-order valence-corrected chi connectivity index (χ1v) is 5.96. The number of rotatable bonds is 8. The van der Waals surface area contributed by atoms with Crippen LogP contribution in [0.5, 0.6) is 5.88 Å². The smallest absolute Gasteiger partial charge is 0.221 e. The molecule has 0 saturated heterocycles. The van der Waals surface area contributed by atoms with Gasteiger partial charge in [0.15, 0.2) is 0 Å². The SMILES string of the molecule is CCCNc1ncnc(OCCCOC)c1C. The van der Waals surface area contributed by atoms with Gasteiger partial charge in [-0.1, -0.05) is 6.92 Å². The first kappa shape index (κ1) is 13.7. The molecule has 0 amide bonds. The van der Waals surface area contributed by atoms with E-state index in [1.54, 1.807) is 7.11 Å². The summed E-state index contributed by atoms with van der Waals surface area (Å²) in [6.07, 6.45) is 3.45. The van der Waals surface area contributed by atoms with E-state index in [1.807, 2.05) is 6.92 Å². The lowest BCUT2D eigenvalue weighted by Gasteiger charge is -2.11. The van der Waals surface area contributed by atoms with Gasteiger partial charge in [-0.2, -0.15) is 0 Å². The monoisotopic (exact) mass is 239 g/mol. The van der Waals surface area contributed by atoms with Crippen molar-refractivity contribution in [1.82, 2.24) is 9.97 Å². The van der Waals surface area contributed by atoms with E-state index in [4.69, 9.17) is 9.47 Å². The van der Waals surface area contributed by atoms with Crippen molar-refractivity contribution in [3.63, 3.8) is 0 Å². The summed E-state index contributed by atoms with van der Waals surface area (Å²) in [5.74, 6) is 1.50. The molecule has 0 unspecified atom stereocenters. The highest BCUT2D eigenvalue weighted by atomic mass is 16.5. The van der Waals surface area contributed by atoms with Crippen LogP contribution >= 0.6 is 0 Å². The lowest BCUT2D eigenvalue weighted by molar-refractivity contribution is 0.170. The van der Waals surface area contributed by atoms with Gasteiger partial charge in [0.25, 0.3) is 0 Å². The Labute approximate surface area is 103 Å². The maximum absolute atomic E-state index is 5.59. The molecule has 0 bridgehead atoms. The Balaban J connectivity index is 2.53. The Kier molecular flexibility index (Phi) is 6.32. The normalized spacial score (nSPS) is 10.3. The Morgan fingerprint density at radius 2 is 2.12 bits per heavy atom. The molecule has 0 aliphatic rings. The van der Waals surface area contributed by atoms with Crippen LogP contribution < -0.4 is 10.1 Å². The summed E-state index contributed by atoms with van der Waals surface area (Å²) in [5, 5.41) is 3.25. The minimum absolute atomic E-state index is 0.610. The molecular weight excluding hydrogens is 218 g/mol. The van der Waals surface area contributed by atoms with Crippen LogP contribution in [0.1, 0.15) is 25.3 Å². The summed E-state index contributed by atoms with van der Waals surface area (Å²) < 4.78 is 10.6. The molecule has 17 heavy (non-hydrogen) atoms.